The van der Waals surface area contributed by atoms with E-state index in [0.717, 1.165) is 4.47 Å². The molecule has 0 aliphatic carbocycles. The zero-order valence-electron chi connectivity index (χ0n) is 12.2. The van der Waals surface area contributed by atoms with Gasteiger partial charge in [0.15, 0.2) is 11.5 Å². The molecule has 0 radical (unpaired) electrons. The second-order valence-corrected chi connectivity index (χ2v) is 6.26. The Balaban J connectivity index is 2.10. The molecule has 0 bridgehead atoms. The lowest BCUT2D eigenvalue weighted by Gasteiger charge is -2.08. The van der Waals surface area contributed by atoms with E-state index in [-0.39, 0.29) is 11.7 Å². The highest BCUT2D eigenvalue weighted by molar-refractivity contribution is 9.10. The molecule has 0 aliphatic rings. The largest absolute Gasteiger partial charge is 0.503 e. The second kappa shape index (κ2) is 8.12. The third-order valence-corrected chi connectivity index (χ3v) is 3.91. The summed E-state index contributed by atoms with van der Waals surface area (Å²) in [5, 5.41) is 13.8. The van der Waals surface area contributed by atoms with E-state index < -0.39 is 0 Å². The number of aromatic hydroxyl groups is 1. The van der Waals surface area contributed by atoms with E-state index in [1.165, 1.54) is 6.21 Å². The number of rotatable bonds is 5. The van der Waals surface area contributed by atoms with Gasteiger partial charge >= 0.3 is 0 Å². The van der Waals surface area contributed by atoms with Crippen molar-refractivity contribution in [2.45, 2.75) is 6.92 Å². The average Bonchev–Trinajstić information content (AvgIpc) is 2.52. The standard InChI is InChI=1S/C16H14Br2N2O3/c1-2-23-14-7-10(6-13(18)15(14)21)9-19-20-16(22)11-4-3-5-12(17)8-11/h3-9,21H,2H2,1H3,(H,20,22)/b19-9+. The van der Waals surface area contributed by atoms with Crippen LogP contribution in [-0.2, 0) is 0 Å². The summed E-state index contributed by atoms with van der Waals surface area (Å²) in [5.41, 5.74) is 3.62. The number of phenols is 1. The Hall–Kier alpha value is -1.86. The Morgan fingerprint density at radius 3 is 2.83 bits per heavy atom. The lowest BCUT2D eigenvalue weighted by molar-refractivity contribution is 0.0955. The summed E-state index contributed by atoms with van der Waals surface area (Å²) in [5.74, 6) is 0.0641. The molecule has 0 unspecified atom stereocenters. The van der Waals surface area contributed by atoms with Crippen LogP contribution < -0.4 is 10.2 Å². The van der Waals surface area contributed by atoms with E-state index in [0.29, 0.717) is 28.0 Å². The Morgan fingerprint density at radius 1 is 1.35 bits per heavy atom. The number of hydrogen-bond acceptors (Lipinski definition) is 4. The number of hydrazone groups is 1. The van der Waals surface area contributed by atoms with Crippen LogP contribution in [0.15, 0.2) is 50.4 Å². The number of carbonyl (C=O) groups is 1. The van der Waals surface area contributed by atoms with Crippen LogP contribution in [0.2, 0.25) is 0 Å². The molecule has 0 aromatic heterocycles. The summed E-state index contributed by atoms with van der Waals surface area (Å²) >= 11 is 6.56. The fourth-order valence-electron chi connectivity index (χ4n) is 1.79. The van der Waals surface area contributed by atoms with Crippen LogP contribution in [0, 0.1) is 0 Å². The van der Waals surface area contributed by atoms with Crippen molar-refractivity contribution in [3.05, 3.63) is 56.5 Å². The van der Waals surface area contributed by atoms with Crippen LogP contribution in [-0.4, -0.2) is 23.8 Å². The van der Waals surface area contributed by atoms with Crippen molar-refractivity contribution in [2.75, 3.05) is 6.61 Å². The fourth-order valence-corrected chi connectivity index (χ4v) is 2.65. The molecule has 0 atom stereocenters. The molecule has 23 heavy (non-hydrogen) atoms. The van der Waals surface area contributed by atoms with Gasteiger partial charge in [0.2, 0.25) is 0 Å². The Kier molecular flexibility index (Phi) is 6.18. The number of nitrogens with zero attached hydrogens (tertiary/aromatic N) is 1. The molecule has 2 aromatic rings. The Bertz CT molecular complexity index is 748. The van der Waals surface area contributed by atoms with Gasteiger partial charge < -0.3 is 9.84 Å². The topological polar surface area (TPSA) is 70.9 Å². The molecule has 0 heterocycles. The van der Waals surface area contributed by atoms with Gasteiger partial charge in [0, 0.05) is 10.0 Å². The van der Waals surface area contributed by atoms with Crippen LogP contribution in [0.4, 0.5) is 0 Å². The molecule has 120 valence electrons. The molecule has 7 heteroatoms. The van der Waals surface area contributed by atoms with Gasteiger partial charge in [0.1, 0.15) is 0 Å². The van der Waals surface area contributed by atoms with E-state index >= 15 is 0 Å². The molecule has 0 fully saturated rings. The minimum Gasteiger partial charge on any atom is -0.503 e. The third-order valence-electron chi connectivity index (χ3n) is 2.82. The lowest BCUT2D eigenvalue weighted by Crippen LogP contribution is -2.17. The first-order chi connectivity index (χ1) is 11.0. The molecule has 0 saturated heterocycles. The fraction of sp³-hybridized carbons (Fsp3) is 0.125. The van der Waals surface area contributed by atoms with E-state index in [1.54, 1.807) is 30.3 Å². The van der Waals surface area contributed by atoms with Gasteiger partial charge in [0.05, 0.1) is 17.3 Å². The van der Waals surface area contributed by atoms with Crippen molar-refractivity contribution in [3.8, 4) is 11.5 Å². The first-order valence-electron chi connectivity index (χ1n) is 6.75. The van der Waals surface area contributed by atoms with Gasteiger partial charge in [-0.15, -0.1) is 0 Å². The molecule has 0 saturated carbocycles. The average molecular weight is 442 g/mol. The molecule has 1 amide bonds. The van der Waals surface area contributed by atoms with Crippen molar-refractivity contribution in [1.82, 2.24) is 5.43 Å². The number of amides is 1. The van der Waals surface area contributed by atoms with E-state index in [1.807, 2.05) is 13.0 Å². The highest BCUT2D eigenvalue weighted by Crippen LogP contribution is 2.35. The molecule has 0 aliphatic heterocycles. The van der Waals surface area contributed by atoms with Crippen molar-refractivity contribution in [3.63, 3.8) is 0 Å². The predicted octanol–water partition coefficient (Wildman–Crippen LogP) is 4.08. The van der Waals surface area contributed by atoms with Gasteiger partial charge in [-0.25, -0.2) is 5.43 Å². The first kappa shape index (κ1) is 17.5. The highest BCUT2D eigenvalue weighted by Gasteiger charge is 2.08. The van der Waals surface area contributed by atoms with E-state index in [9.17, 15) is 9.90 Å². The molecular weight excluding hydrogens is 428 g/mol. The molecule has 2 aromatic carbocycles. The summed E-state index contributed by atoms with van der Waals surface area (Å²) in [6.45, 7) is 2.26. The number of carbonyl (C=O) groups excluding carboxylic acids is 1. The number of hydrogen-bond donors (Lipinski definition) is 2. The van der Waals surface area contributed by atoms with Crippen LogP contribution in [0.3, 0.4) is 0 Å². The van der Waals surface area contributed by atoms with Crippen molar-refractivity contribution in [2.24, 2.45) is 5.10 Å². The summed E-state index contributed by atoms with van der Waals surface area (Å²) < 4.78 is 6.64. The maximum absolute atomic E-state index is 12.0. The maximum atomic E-state index is 12.0. The van der Waals surface area contributed by atoms with Gasteiger partial charge in [-0.3, -0.25) is 4.79 Å². The van der Waals surface area contributed by atoms with Crippen molar-refractivity contribution < 1.29 is 14.6 Å². The number of ether oxygens (including phenoxy) is 1. The van der Waals surface area contributed by atoms with E-state index in [2.05, 4.69) is 42.4 Å². The molecule has 0 spiro atoms. The molecule has 5 nitrogen and oxygen atoms in total. The van der Waals surface area contributed by atoms with Gasteiger partial charge in [-0.05, 0) is 58.7 Å². The van der Waals surface area contributed by atoms with Gasteiger partial charge in [-0.1, -0.05) is 22.0 Å². The Morgan fingerprint density at radius 2 is 2.13 bits per heavy atom. The second-order valence-electron chi connectivity index (χ2n) is 4.49. The molecular formula is C16H14Br2N2O3. The quantitative estimate of drug-likeness (QED) is 0.542. The first-order valence-corrected chi connectivity index (χ1v) is 8.34. The smallest absolute Gasteiger partial charge is 0.271 e. The number of phenolic OH excluding ortho intramolecular Hbond substituents is 1. The lowest BCUT2D eigenvalue weighted by atomic mass is 10.2. The zero-order chi connectivity index (χ0) is 16.8. The van der Waals surface area contributed by atoms with Crippen LogP contribution in [0.1, 0.15) is 22.8 Å². The zero-order valence-corrected chi connectivity index (χ0v) is 15.4. The SMILES string of the molecule is CCOc1cc(/C=N/NC(=O)c2cccc(Br)c2)cc(Br)c1O. The minimum absolute atomic E-state index is 0.0298. The third kappa shape index (κ3) is 4.80. The highest BCUT2D eigenvalue weighted by atomic mass is 79.9. The summed E-state index contributed by atoms with van der Waals surface area (Å²) in [4.78, 5) is 12.0. The number of benzene rings is 2. The molecule has 2 rings (SSSR count). The monoisotopic (exact) mass is 440 g/mol. The van der Waals surface area contributed by atoms with Gasteiger partial charge in [0.25, 0.3) is 5.91 Å². The summed E-state index contributed by atoms with van der Waals surface area (Å²) in [7, 11) is 0. The van der Waals surface area contributed by atoms with E-state index in [4.69, 9.17) is 4.74 Å². The van der Waals surface area contributed by atoms with Crippen molar-refractivity contribution >= 4 is 44.0 Å². The van der Waals surface area contributed by atoms with Crippen LogP contribution in [0.5, 0.6) is 11.5 Å². The molecule has 2 N–H and O–H groups in total. The maximum Gasteiger partial charge on any atom is 0.271 e. The van der Waals surface area contributed by atoms with Crippen LogP contribution >= 0.6 is 31.9 Å². The number of halogens is 2. The summed E-state index contributed by atoms with van der Waals surface area (Å²) in [6.07, 6.45) is 1.47. The minimum atomic E-state index is -0.314. The van der Waals surface area contributed by atoms with Crippen molar-refractivity contribution in [1.29, 1.82) is 0 Å². The normalized spacial score (nSPS) is 10.7. The number of nitrogens with one attached hydrogen (secondary N) is 1. The van der Waals surface area contributed by atoms with Crippen LogP contribution in [0.25, 0.3) is 0 Å². The predicted molar refractivity (Wildman–Crippen MR) is 96.2 cm³/mol. The Labute approximate surface area is 150 Å². The van der Waals surface area contributed by atoms with Gasteiger partial charge in [-0.2, -0.15) is 5.10 Å². The summed E-state index contributed by atoms with van der Waals surface area (Å²) in [6, 6.07) is 10.3.